The van der Waals surface area contributed by atoms with Gasteiger partial charge in [-0.3, -0.25) is 0 Å². The van der Waals surface area contributed by atoms with E-state index >= 15 is 0 Å². The summed E-state index contributed by atoms with van der Waals surface area (Å²) in [4.78, 5) is -0.205. The minimum absolute atomic E-state index is 0.205. The number of hydrogen-bond donors (Lipinski definition) is 1. The lowest BCUT2D eigenvalue weighted by atomic mass is 10.1. The molecule has 29 heavy (non-hydrogen) atoms. The second-order valence-corrected chi connectivity index (χ2v) is 8.22. The van der Waals surface area contributed by atoms with E-state index in [1.165, 1.54) is 0 Å². The van der Waals surface area contributed by atoms with E-state index in [1.54, 1.807) is 48.9 Å². The van der Waals surface area contributed by atoms with Crippen molar-refractivity contribution in [1.82, 2.24) is 19.5 Å². The summed E-state index contributed by atoms with van der Waals surface area (Å²) >= 11 is 5.90. The standard InChI is InChI=1S/C18H17ClF2N4O3S/c1-11-22-23-17(25(11)2)16(12-6-4-3-5-7-12)24-29(26,27)13-8-9-15(14(19)10-13)28-18(20)21/h3-10,16,18,24H,1-2H3/t16-/m0/s1. The Morgan fingerprint density at radius 3 is 2.38 bits per heavy atom. The van der Waals surface area contributed by atoms with Crippen molar-refractivity contribution in [2.45, 2.75) is 24.5 Å². The van der Waals surface area contributed by atoms with Crippen molar-refractivity contribution in [1.29, 1.82) is 0 Å². The summed E-state index contributed by atoms with van der Waals surface area (Å²) in [6.07, 6.45) is 0. The van der Waals surface area contributed by atoms with E-state index in [0.29, 0.717) is 17.2 Å². The van der Waals surface area contributed by atoms with Gasteiger partial charge in [0.25, 0.3) is 0 Å². The van der Waals surface area contributed by atoms with E-state index in [9.17, 15) is 17.2 Å². The molecule has 1 heterocycles. The number of alkyl halides is 2. The second-order valence-electron chi connectivity index (χ2n) is 6.10. The van der Waals surface area contributed by atoms with Crippen molar-refractivity contribution in [3.8, 4) is 5.75 Å². The average Bonchev–Trinajstić information content (AvgIpc) is 3.00. The number of ether oxygens (including phenoxy) is 1. The number of aryl methyl sites for hydroxylation is 1. The Labute approximate surface area is 171 Å². The highest BCUT2D eigenvalue weighted by atomic mass is 35.5. The van der Waals surface area contributed by atoms with Gasteiger partial charge in [-0.15, -0.1) is 10.2 Å². The van der Waals surface area contributed by atoms with Crippen LogP contribution in [0.2, 0.25) is 5.02 Å². The highest BCUT2D eigenvalue weighted by Gasteiger charge is 2.27. The fourth-order valence-electron chi connectivity index (χ4n) is 2.65. The van der Waals surface area contributed by atoms with Crippen LogP contribution in [0.1, 0.15) is 23.3 Å². The SMILES string of the molecule is Cc1nnc([C@@H](NS(=O)(=O)c2ccc(OC(F)F)c(Cl)c2)c2ccccc2)n1C. The number of benzene rings is 2. The van der Waals surface area contributed by atoms with Gasteiger partial charge in [0.05, 0.1) is 9.92 Å². The molecule has 0 aliphatic carbocycles. The molecule has 154 valence electrons. The van der Waals surface area contributed by atoms with E-state index in [4.69, 9.17) is 11.6 Å². The molecule has 7 nitrogen and oxygen atoms in total. The molecule has 0 radical (unpaired) electrons. The van der Waals surface area contributed by atoms with Crippen molar-refractivity contribution in [3.05, 3.63) is 70.8 Å². The monoisotopic (exact) mass is 442 g/mol. The summed E-state index contributed by atoms with van der Waals surface area (Å²) < 4.78 is 59.3. The number of sulfonamides is 1. The molecule has 0 saturated heterocycles. The zero-order valence-corrected chi connectivity index (χ0v) is 17.0. The molecule has 3 rings (SSSR count). The van der Waals surface area contributed by atoms with Crippen LogP contribution in [0.25, 0.3) is 0 Å². The lowest BCUT2D eigenvalue weighted by Crippen LogP contribution is -2.31. The Morgan fingerprint density at radius 1 is 1.14 bits per heavy atom. The fourth-order valence-corrected chi connectivity index (χ4v) is 4.15. The molecule has 0 aliphatic heterocycles. The predicted molar refractivity (Wildman–Crippen MR) is 102 cm³/mol. The molecule has 2 aromatic carbocycles. The van der Waals surface area contributed by atoms with Gasteiger partial charge in [-0.25, -0.2) is 8.42 Å². The zero-order valence-electron chi connectivity index (χ0n) is 15.4. The molecule has 1 aromatic heterocycles. The van der Waals surface area contributed by atoms with Gasteiger partial charge in [0, 0.05) is 7.05 Å². The fraction of sp³-hybridized carbons (Fsp3) is 0.222. The molecule has 0 spiro atoms. The van der Waals surface area contributed by atoms with E-state index in [1.807, 2.05) is 0 Å². The number of nitrogens with zero attached hydrogens (tertiary/aromatic N) is 3. The Hall–Kier alpha value is -2.56. The Balaban J connectivity index is 1.99. The number of halogens is 3. The molecule has 0 aliphatic rings. The predicted octanol–water partition coefficient (Wildman–Crippen LogP) is 3.45. The first kappa shape index (κ1) is 21.2. The van der Waals surface area contributed by atoms with Crippen LogP contribution in [0.15, 0.2) is 53.4 Å². The van der Waals surface area contributed by atoms with Crippen LogP contribution in [0.3, 0.4) is 0 Å². The molecule has 0 bridgehead atoms. The van der Waals surface area contributed by atoms with Crippen LogP contribution < -0.4 is 9.46 Å². The molecular weight excluding hydrogens is 426 g/mol. The summed E-state index contributed by atoms with van der Waals surface area (Å²) in [6, 6.07) is 11.3. The Bertz CT molecular complexity index is 1110. The molecule has 0 unspecified atom stereocenters. The smallest absolute Gasteiger partial charge is 0.387 e. The van der Waals surface area contributed by atoms with Crippen molar-refractivity contribution < 1.29 is 21.9 Å². The summed E-state index contributed by atoms with van der Waals surface area (Å²) in [5.74, 6) is 0.682. The summed E-state index contributed by atoms with van der Waals surface area (Å²) in [5.41, 5.74) is 0.648. The molecule has 1 atom stereocenters. The topological polar surface area (TPSA) is 86.1 Å². The summed E-state index contributed by atoms with van der Waals surface area (Å²) in [6.45, 7) is -1.33. The Kier molecular flexibility index (Phi) is 6.15. The third kappa shape index (κ3) is 4.72. The number of rotatable bonds is 7. The van der Waals surface area contributed by atoms with Crippen LogP contribution in [0, 0.1) is 6.92 Å². The van der Waals surface area contributed by atoms with E-state index < -0.39 is 22.7 Å². The normalized spacial score (nSPS) is 12.9. The van der Waals surface area contributed by atoms with Crippen LogP contribution in [0.4, 0.5) is 8.78 Å². The Morgan fingerprint density at radius 2 is 1.83 bits per heavy atom. The summed E-state index contributed by atoms with van der Waals surface area (Å²) in [5, 5.41) is 7.83. The van der Waals surface area contributed by atoms with Crippen LogP contribution in [-0.2, 0) is 17.1 Å². The van der Waals surface area contributed by atoms with Gasteiger partial charge in [-0.2, -0.15) is 13.5 Å². The van der Waals surface area contributed by atoms with Gasteiger partial charge in [-0.1, -0.05) is 41.9 Å². The van der Waals surface area contributed by atoms with E-state index in [-0.39, 0.29) is 15.7 Å². The van der Waals surface area contributed by atoms with Crippen LogP contribution in [0.5, 0.6) is 5.75 Å². The third-order valence-electron chi connectivity index (χ3n) is 4.22. The van der Waals surface area contributed by atoms with Gasteiger partial charge >= 0.3 is 6.61 Å². The van der Waals surface area contributed by atoms with Crippen molar-refractivity contribution in [3.63, 3.8) is 0 Å². The van der Waals surface area contributed by atoms with Gasteiger partial charge in [-0.05, 0) is 30.7 Å². The van der Waals surface area contributed by atoms with E-state index in [0.717, 1.165) is 18.2 Å². The van der Waals surface area contributed by atoms with Crippen LogP contribution >= 0.6 is 11.6 Å². The molecule has 0 saturated carbocycles. The molecular formula is C18H17ClF2N4O3S. The highest BCUT2D eigenvalue weighted by molar-refractivity contribution is 7.89. The van der Waals surface area contributed by atoms with Gasteiger partial charge < -0.3 is 9.30 Å². The average molecular weight is 443 g/mol. The van der Waals surface area contributed by atoms with Crippen molar-refractivity contribution in [2.75, 3.05) is 0 Å². The third-order valence-corrected chi connectivity index (χ3v) is 5.94. The highest BCUT2D eigenvalue weighted by Crippen LogP contribution is 2.30. The first-order valence-corrected chi connectivity index (χ1v) is 10.2. The molecule has 0 amide bonds. The molecule has 1 N–H and O–H groups in total. The minimum atomic E-state index is -4.09. The first-order valence-electron chi connectivity index (χ1n) is 8.36. The first-order chi connectivity index (χ1) is 13.7. The van der Waals surface area contributed by atoms with E-state index in [2.05, 4.69) is 19.7 Å². The second kappa shape index (κ2) is 8.44. The molecule has 3 aromatic rings. The van der Waals surface area contributed by atoms with Gasteiger partial charge in [0.1, 0.15) is 17.6 Å². The lowest BCUT2D eigenvalue weighted by Gasteiger charge is -2.19. The lowest BCUT2D eigenvalue weighted by molar-refractivity contribution is -0.0498. The van der Waals surface area contributed by atoms with Gasteiger partial charge in [0.15, 0.2) is 5.82 Å². The number of aromatic nitrogens is 3. The zero-order chi connectivity index (χ0) is 21.2. The number of hydrogen-bond acceptors (Lipinski definition) is 5. The molecule has 0 fully saturated rings. The molecule has 11 heteroatoms. The summed E-state index contributed by atoms with van der Waals surface area (Å²) in [7, 11) is -2.37. The quantitative estimate of drug-likeness (QED) is 0.605. The maximum absolute atomic E-state index is 13.0. The van der Waals surface area contributed by atoms with Crippen molar-refractivity contribution >= 4 is 21.6 Å². The van der Waals surface area contributed by atoms with Crippen LogP contribution in [-0.4, -0.2) is 29.8 Å². The van der Waals surface area contributed by atoms with Gasteiger partial charge in [0.2, 0.25) is 10.0 Å². The largest absolute Gasteiger partial charge is 0.433 e. The minimum Gasteiger partial charge on any atom is -0.433 e. The number of nitrogens with one attached hydrogen (secondary N) is 1. The maximum Gasteiger partial charge on any atom is 0.387 e. The maximum atomic E-state index is 13.0. The van der Waals surface area contributed by atoms with Crippen molar-refractivity contribution in [2.24, 2.45) is 7.05 Å².